The molecule has 0 aromatic heterocycles. The van der Waals surface area contributed by atoms with E-state index >= 15 is 0 Å². The third kappa shape index (κ3) is 2.23. The zero-order chi connectivity index (χ0) is 14.9. The van der Waals surface area contributed by atoms with Crippen LogP contribution in [0.3, 0.4) is 0 Å². The number of hydrogen-bond donors (Lipinski definition) is 1. The van der Waals surface area contributed by atoms with Gasteiger partial charge in [0.25, 0.3) is 5.91 Å². The molecule has 0 saturated carbocycles. The molecule has 1 unspecified atom stereocenters. The van der Waals surface area contributed by atoms with Gasteiger partial charge in [0.15, 0.2) is 0 Å². The predicted octanol–water partition coefficient (Wildman–Crippen LogP) is 2.91. The Morgan fingerprint density at radius 1 is 0.952 bits per heavy atom. The Bertz CT molecular complexity index is 672. The first-order valence-electron chi connectivity index (χ1n) is 6.56. The Balaban J connectivity index is 1.89. The van der Waals surface area contributed by atoms with Crippen molar-refractivity contribution in [3.8, 4) is 0 Å². The van der Waals surface area contributed by atoms with Gasteiger partial charge in [0, 0.05) is 5.56 Å². The lowest BCUT2D eigenvalue weighted by molar-refractivity contribution is -0.135. The molecular weight excluding hydrogens is 268 g/mol. The van der Waals surface area contributed by atoms with Gasteiger partial charge in [0.2, 0.25) is 5.60 Å². The van der Waals surface area contributed by atoms with Gasteiger partial charge in [0.1, 0.15) is 0 Å². The first-order chi connectivity index (χ1) is 10.1. The third-order valence-corrected chi connectivity index (χ3v) is 3.42. The van der Waals surface area contributed by atoms with Gasteiger partial charge < -0.3 is 4.74 Å². The molecular formula is C16H14N2O3. The third-order valence-electron chi connectivity index (χ3n) is 3.42. The topological polar surface area (TPSA) is 58.6 Å². The Morgan fingerprint density at radius 3 is 2.14 bits per heavy atom. The molecule has 0 bridgehead atoms. The largest absolute Gasteiger partial charge is 0.437 e. The molecule has 1 N–H and O–H groups in total. The van der Waals surface area contributed by atoms with Crippen LogP contribution in [0.4, 0.5) is 10.5 Å². The van der Waals surface area contributed by atoms with Crippen molar-refractivity contribution in [2.45, 2.75) is 12.5 Å². The summed E-state index contributed by atoms with van der Waals surface area (Å²) in [5.74, 6) is -0.442. The van der Waals surface area contributed by atoms with E-state index < -0.39 is 17.6 Å². The number of hydrazine groups is 1. The number of carbonyl (C=O) groups excluding carboxylic acids is 2. The number of nitrogens with one attached hydrogen (secondary N) is 1. The number of hydrogen-bond acceptors (Lipinski definition) is 4. The molecule has 0 radical (unpaired) electrons. The van der Waals surface area contributed by atoms with E-state index in [-0.39, 0.29) is 0 Å². The van der Waals surface area contributed by atoms with Crippen LogP contribution in [0.2, 0.25) is 0 Å². The van der Waals surface area contributed by atoms with Crippen molar-refractivity contribution in [2.24, 2.45) is 0 Å². The summed E-state index contributed by atoms with van der Waals surface area (Å²) in [7, 11) is 0. The van der Waals surface area contributed by atoms with Gasteiger partial charge in [-0.2, -0.15) is 0 Å². The molecule has 1 heterocycles. The monoisotopic (exact) mass is 282 g/mol. The average molecular weight is 282 g/mol. The summed E-state index contributed by atoms with van der Waals surface area (Å²) in [4.78, 5) is 24.6. The lowest BCUT2D eigenvalue weighted by atomic mass is 9.95. The van der Waals surface area contributed by atoms with Crippen LogP contribution in [-0.4, -0.2) is 17.0 Å². The van der Waals surface area contributed by atoms with Gasteiger partial charge in [-0.15, -0.1) is 5.01 Å². The predicted molar refractivity (Wildman–Crippen MR) is 77.2 cm³/mol. The minimum absolute atomic E-state index is 0.442. The Morgan fingerprint density at radius 2 is 1.52 bits per heavy atom. The Labute approximate surface area is 122 Å². The highest BCUT2D eigenvalue weighted by Crippen LogP contribution is 2.34. The van der Waals surface area contributed by atoms with E-state index in [0.717, 1.165) is 5.01 Å². The normalized spacial score (nSPS) is 21.3. The molecule has 1 saturated heterocycles. The molecule has 1 fully saturated rings. The number of cyclic esters (lactones) is 1. The van der Waals surface area contributed by atoms with Crippen molar-refractivity contribution < 1.29 is 14.3 Å². The van der Waals surface area contributed by atoms with Gasteiger partial charge in [-0.3, -0.25) is 10.2 Å². The maximum Gasteiger partial charge on any atom is 0.437 e. The van der Waals surface area contributed by atoms with E-state index in [4.69, 9.17) is 4.74 Å². The van der Waals surface area contributed by atoms with E-state index in [0.29, 0.717) is 11.3 Å². The second-order valence-corrected chi connectivity index (χ2v) is 4.89. The van der Waals surface area contributed by atoms with Crippen molar-refractivity contribution in [1.82, 2.24) is 5.01 Å². The zero-order valence-corrected chi connectivity index (χ0v) is 11.4. The maximum atomic E-state index is 12.6. The number of rotatable bonds is 3. The summed E-state index contributed by atoms with van der Waals surface area (Å²) in [5.41, 5.74) is 2.75. The summed E-state index contributed by atoms with van der Waals surface area (Å²) in [6, 6.07) is 18.0. The number of para-hydroxylation sites is 1. The molecule has 2 amide bonds. The minimum atomic E-state index is -1.31. The molecule has 106 valence electrons. The smallest absolute Gasteiger partial charge is 0.426 e. The lowest BCUT2D eigenvalue weighted by Crippen LogP contribution is -2.39. The molecule has 0 aliphatic carbocycles. The van der Waals surface area contributed by atoms with Crippen molar-refractivity contribution in [1.29, 1.82) is 0 Å². The number of nitrogens with zero attached hydrogens (tertiary/aromatic N) is 1. The van der Waals surface area contributed by atoms with Crippen LogP contribution in [0, 0.1) is 0 Å². The lowest BCUT2D eigenvalue weighted by Gasteiger charge is -2.20. The van der Waals surface area contributed by atoms with E-state index in [1.807, 2.05) is 24.3 Å². The van der Waals surface area contributed by atoms with Gasteiger partial charge >= 0.3 is 6.09 Å². The van der Waals surface area contributed by atoms with E-state index in [1.165, 1.54) is 0 Å². The Hall–Kier alpha value is -2.82. The highest BCUT2D eigenvalue weighted by atomic mass is 16.6. The first-order valence-corrected chi connectivity index (χ1v) is 6.56. The number of benzene rings is 2. The summed E-state index contributed by atoms with van der Waals surface area (Å²) < 4.78 is 5.31. The van der Waals surface area contributed by atoms with Gasteiger partial charge in [-0.05, 0) is 19.1 Å². The van der Waals surface area contributed by atoms with E-state index in [1.54, 1.807) is 43.3 Å². The van der Waals surface area contributed by atoms with Gasteiger partial charge in [-0.25, -0.2) is 4.79 Å². The molecule has 1 aliphatic heterocycles. The summed E-state index contributed by atoms with van der Waals surface area (Å²) in [6.45, 7) is 1.59. The first kappa shape index (κ1) is 13.2. The number of amides is 2. The fourth-order valence-corrected chi connectivity index (χ4v) is 2.24. The molecule has 5 heteroatoms. The molecule has 2 aromatic rings. The second kappa shape index (κ2) is 4.94. The molecule has 1 atom stereocenters. The van der Waals surface area contributed by atoms with Crippen LogP contribution < -0.4 is 5.43 Å². The number of carbonyl (C=O) groups is 2. The fraction of sp³-hybridized carbons (Fsp3) is 0.125. The van der Waals surface area contributed by atoms with Crippen LogP contribution in [0.25, 0.3) is 0 Å². The quantitative estimate of drug-likeness (QED) is 0.940. The SMILES string of the molecule is CC1(c2ccccc2)OC(=O)N(Nc2ccccc2)C1=O. The Kier molecular flexibility index (Phi) is 3.10. The fourth-order valence-electron chi connectivity index (χ4n) is 2.24. The molecule has 1 aliphatic rings. The standard InChI is InChI=1S/C16H14N2O3/c1-16(12-8-4-2-5-9-12)14(19)18(15(20)21-16)17-13-10-6-3-7-11-13/h2-11,17H,1H3. The summed E-state index contributed by atoms with van der Waals surface area (Å²) in [5, 5.41) is 0.905. The van der Waals surface area contributed by atoms with E-state index in [2.05, 4.69) is 5.43 Å². The highest BCUT2D eigenvalue weighted by Gasteiger charge is 2.52. The second-order valence-electron chi connectivity index (χ2n) is 4.89. The average Bonchev–Trinajstić information content (AvgIpc) is 2.74. The van der Waals surface area contributed by atoms with E-state index in [9.17, 15) is 9.59 Å². The van der Waals surface area contributed by atoms with Crippen LogP contribution in [0.1, 0.15) is 12.5 Å². The number of imide groups is 1. The number of anilines is 1. The van der Waals surface area contributed by atoms with Crippen molar-refractivity contribution >= 4 is 17.7 Å². The van der Waals surface area contributed by atoms with Crippen molar-refractivity contribution in [3.63, 3.8) is 0 Å². The summed E-state index contributed by atoms with van der Waals surface area (Å²) >= 11 is 0. The maximum absolute atomic E-state index is 12.6. The molecule has 3 rings (SSSR count). The van der Waals surface area contributed by atoms with Gasteiger partial charge in [0.05, 0.1) is 5.69 Å². The van der Waals surface area contributed by atoms with Crippen LogP contribution in [0.5, 0.6) is 0 Å². The zero-order valence-electron chi connectivity index (χ0n) is 11.4. The molecule has 21 heavy (non-hydrogen) atoms. The van der Waals surface area contributed by atoms with Crippen LogP contribution >= 0.6 is 0 Å². The number of ether oxygens (including phenoxy) is 1. The molecule has 0 spiro atoms. The van der Waals surface area contributed by atoms with Crippen LogP contribution in [0.15, 0.2) is 60.7 Å². The molecule has 5 nitrogen and oxygen atoms in total. The summed E-state index contributed by atoms with van der Waals surface area (Å²) in [6.07, 6.45) is -0.713. The van der Waals surface area contributed by atoms with Crippen LogP contribution in [-0.2, 0) is 15.1 Å². The van der Waals surface area contributed by atoms with Crippen molar-refractivity contribution in [2.75, 3.05) is 5.43 Å². The van der Waals surface area contributed by atoms with Crippen molar-refractivity contribution in [3.05, 3.63) is 66.2 Å². The molecule has 2 aromatic carbocycles. The minimum Gasteiger partial charge on any atom is -0.426 e. The van der Waals surface area contributed by atoms with Gasteiger partial charge in [-0.1, -0.05) is 48.5 Å². The highest BCUT2D eigenvalue weighted by molar-refractivity contribution is 6.04.